The van der Waals surface area contributed by atoms with E-state index in [4.69, 9.17) is 4.52 Å². The maximum atomic E-state index is 12.4. The van der Waals surface area contributed by atoms with E-state index >= 15 is 0 Å². The lowest BCUT2D eigenvalue weighted by Gasteiger charge is -2.20. The van der Waals surface area contributed by atoms with Gasteiger partial charge < -0.3 is 20.1 Å². The summed E-state index contributed by atoms with van der Waals surface area (Å²) in [6.45, 7) is 5.40. The molecular formula is C21H28N4O3S. The van der Waals surface area contributed by atoms with Gasteiger partial charge in [-0.25, -0.2) is 4.79 Å². The number of rotatable bonds is 6. The molecule has 7 nitrogen and oxygen atoms in total. The van der Waals surface area contributed by atoms with Gasteiger partial charge in [0, 0.05) is 35.8 Å². The van der Waals surface area contributed by atoms with Gasteiger partial charge in [0.1, 0.15) is 5.76 Å². The van der Waals surface area contributed by atoms with Crippen LogP contribution in [0, 0.1) is 13.8 Å². The van der Waals surface area contributed by atoms with E-state index in [2.05, 4.69) is 15.8 Å². The normalized spacial score (nSPS) is 14.3. The summed E-state index contributed by atoms with van der Waals surface area (Å²) in [6.07, 6.45) is 4.50. The minimum Gasteiger partial charge on any atom is -0.361 e. The number of carbonyl (C=O) groups is 2. The minimum absolute atomic E-state index is 0.0561. The third-order valence-electron chi connectivity index (χ3n) is 4.97. The van der Waals surface area contributed by atoms with Gasteiger partial charge >= 0.3 is 6.03 Å². The lowest BCUT2D eigenvalue weighted by molar-refractivity contribution is -0.113. The first kappa shape index (κ1) is 21.2. The van der Waals surface area contributed by atoms with E-state index in [1.165, 1.54) is 24.6 Å². The fourth-order valence-electron chi connectivity index (χ4n) is 3.26. The summed E-state index contributed by atoms with van der Waals surface area (Å²) >= 11 is 1.52. The standard InChI is InChI=1S/C21H28N4O3S/c1-15-19(16(2)28-24-15)13-29-14-20(26)22-17-7-9-18(10-8-17)23-21(27)25-11-5-3-4-6-12-25/h7-10H,3-6,11-14H2,1-2H3,(H,22,26)(H,23,27). The molecule has 8 heteroatoms. The zero-order valence-corrected chi connectivity index (χ0v) is 17.8. The predicted molar refractivity (Wildman–Crippen MR) is 116 cm³/mol. The fourth-order valence-corrected chi connectivity index (χ4v) is 4.24. The van der Waals surface area contributed by atoms with Crippen molar-refractivity contribution in [3.63, 3.8) is 0 Å². The molecule has 0 aliphatic carbocycles. The number of nitrogens with one attached hydrogen (secondary N) is 2. The third-order valence-corrected chi connectivity index (χ3v) is 5.93. The second-order valence-corrected chi connectivity index (χ2v) is 8.24. The molecular weight excluding hydrogens is 388 g/mol. The van der Waals surface area contributed by atoms with E-state index in [0.717, 1.165) is 48.6 Å². The topological polar surface area (TPSA) is 87.5 Å². The summed E-state index contributed by atoms with van der Waals surface area (Å²) < 4.78 is 5.14. The van der Waals surface area contributed by atoms with Gasteiger partial charge in [0.2, 0.25) is 5.91 Å². The Bertz CT molecular complexity index is 807. The van der Waals surface area contributed by atoms with Gasteiger partial charge in [0.05, 0.1) is 11.4 Å². The first-order chi connectivity index (χ1) is 14.0. The van der Waals surface area contributed by atoms with Gasteiger partial charge in [-0.1, -0.05) is 18.0 Å². The second-order valence-electron chi connectivity index (χ2n) is 7.25. The molecule has 1 aromatic heterocycles. The number of amides is 3. The van der Waals surface area contributed by atoms with Crippen LogP contribution < -0.4 is 10.6 Å². The first-order valence-electron chi connectivity index (χ1n) is 9.98. The average Bonchev–Trinajstić information content (AvgIpc) is 2.91. The summed E-state index contributed by atoms with van der Waals surface area (Å²) in [5.41, 5.74) is 3.35. The van der Waals surface area contributed by atoms with Crippen molar-refractivity contribution in [1.29, 1.82) is 0 Å². The molecule has 0 atom stereocenters. The Labute approximate surface area is 175 Å². The molecule has 1 saturated heterocycles. The molecule has 1 fully saturated rings. The van der Waals surface area contributed by atoms with Gasteiger partial charge in [-0.2, -0.15) is 0 Å². The van der Waals surface area contributed by atoms with Crippen LogP contribution in [0.1, 0.15) is 42.7 Å². The molecule has 0 spiro atoms. The molecule has 0 saturated carbocycles. The quantitative estimate of drug-likeness (QED) is 0.720. The van der Waals surface area contributed by atoms with Crippen LogP contribution in [0.25, 0.3) is 0 Å². The smallest absolute Gasteiger partial charge is 0.321 e. The molecule has 2 aromatic rings. The Morgan fingerprint density at radius 2 is 1.66 bits per heavy atom. The molecule has 0 unspecified atom stereocenters. The minimum atomic E-state index is -0.0666. The monoisotopic (exact) mass is 416 g/mol. The van der Waals surface area contributed by atoms with Crippen LogP contribution in [-0.2, 0) is 10.5 Å². The number of hydrogen-bond donors (Lipinski definition) is 2. The third kappa shape index (κ3) is 6.25. The molecule has 1 aromatic carbocycles. The summed E-state index contributed by atoms with van der Waals surface area (Å²) in [5.74, 6) is 1.77. The maximum absolute atomic E-state index is 12.4. The van der Waals surface area contributed by atoms with Gasteiger partial charge in [0.25, 0.3) is 0 Å². The number of nitrogens with zero attached hydrogens (tertiary/aromatic N) is 2. The van der Waals surface area contributed by atoms with Crippen molar-refractivity contribution in [3.8, 4) is 0 Å². The largest absolute Gasteiger partial charge is 0.361 e. The van der Waals surface area contributed by atoms with Crippen molar-refractivity contribution in [2.75, 3.05) is 29.5 Å². The SMILES string of the molecule is Cc1noc(C)c1CSCC(=O)Nc1ccc(NC(=O)N2CCCCCC2)cc1. The molecule has 3 amide bonds. The van der Waals surface area contributed by atoms with Crippen LogP contribution in [0.2, 0.25) is 0 Å². The molecule has 1 aliphatic rings. The van der Waals surface area contributed by atoms with Crippen molar-refractivity contribution in [2.24, 2.45) is 0 Å². The zero-order chi connectivity index (χ0) is 20.6. The van der Waals surface area contributed by atoms with E-state index in [-0.39, 0.29) is 11.9 Å². The van der Waals surface area contributed by atoms with Gasteiger partial charge in [-0.3, -0.25) is 4.79 Å². The van der Waals surface area contributed by atoms with Gasteiger partial charge in [0.15, 0.2) is 0 Å². The Morgan fingerprint density at radius 1 is 1.03 bits per heavy atom. The molecule has 2 N–H and O–H groups in total. The van der Waals surface area contributed by atoms with Crippen LogP contribution in [0.5, 0.6) is 0 Å². The Hall–Kier alpha value is -2.48. The summed E-state index contributed by atoms with van der Waals surface area (Å²) in [5, 5.41) is 9.74. The van der Waals surface area contributed by atoms with Crippen molar-refractivity contribution in [2.45, 2.75) is 45.3 Å². The van der Waals surface area contributed by atoms with E-state index < -0.39 is 0 Å². The van der Waals surface area contributed by atoms with Gasteiger partial charge in [-0.15, -0.1) is 11.8 Å². The highest BCUT2D eigenvalue weighted by atomic mass is 32.2. The van der Waals surface area contributed by atoms with Gasteiger partial charge in [-0.05, 0) is 51.0 Å². The van der Waals surface area contributed by atoms with Crippen LogP contribution in [0.4, 0.5) is 16.2 Å². The number of hydrogen-bond acceptors (Lipinski definition) is 5. The van der Waals surface area contributed by atoms with E-state index in [9.17, 15) is 9.59 Å². The Kier molecular flexibility index (Phi) is 7.57. The number of urea groups is 1. The average molecular weight is 417 g/mol. The highest BCUT2D eigenvalue weighted by Crippen LogP contribution is 2.20. The predicted octanol–water partition coefficient (Wildman–Crippen LogP) is 4.57. The molecule has 156 valence electrons. The van der Waals surface area contributed by atoms with Crippen molar-refractivity contribution in [3.05, 3.63) is 41.3 Å². The van der Waals surface area contributed by atoms with Crippen LogP contribution in [0.3, 0.4) is 0 Å². The number of anilines is 2. The Morgan fingerprint density at radius 3 is 2.24 bits per heavy atom. The fraction of sp³-hybridized carbons (Fsp3) is 0.476. The van der Waals surface area contributed by atoms with Crippen molar-refractivity contribution < 1.29 is 14.1 Å². The highest BCUT2D eigenvalue weighted by molar-refractivity contribution is 7.99. The number of carbonyl (C=O) groups excluding carboxylic acids is 2. The number of benzene rings is 1. The molecule has 0 bridgehead atoms. The van der Waals surface area contributed by atoms with Crippen LogP contribution in [-0.4, -0.2) is 40.8 Å². The molecule has 3 rings (SSSR count). The first-order valence-corrected chi connectivity index (χ1v) is 11.1. The van der Waals surface area contributed by atoms with Crippen molar-refractivity contribution >= 4 is 35.1 Å². The van der Waals surface area contributed by atoms with E-state index in [1.807, 2.05) is 30.9 Å². The lowest BCUT2D eigenvalue weighted by Crippen LogP contribution is -2.35. The van der Waals surface area contributed by atoms with Crippen LogP contribution in [0.15, 0.2) is 28.8 Å². The number of aromatic nitrogens is 1. The zero-order valence-electron chi connectivity index (χ0n) is 17.0. The van der Waals surface area contributed by atoms with Crippen LogP contribution >= 0.6 is 11.8 Å². The Balaban J connectivity index is 1.43. The second kappa shape index (κ2) is 10.3. The molecule has 0 radical (unpaired) electrons. The number of aryl methyl sites for hydroxylation is 2. The summed E-state index contributed by atoms with van der Waals surface area (Å²) in [6, 6.07) is 7.16. The van der Waals surface area contributed by atoms with Crippen molar-refractivity contribution in [1.82, 2.24) is 10.1 Å². The van der Waals surface area contributed by atoms with E-state index in [1.54, 1.807) is 12.1 Å². The molecule has 1 aliphatic heterocycles. The number of likely N-dealkylation sites (tertiary alicyclic amines) is 1. The highest BCUT2D eigenvalue weighted by Gasteiger charge is 2.15. The summed E-state index contributed by atoms with van der Waals surface area (Å²) in [7, 11) is 0. The summed E-state index contributed by atoms with van der Waals surface area (Å²) in [4.78, 5) is 26.4. The molecule has 2 heterocycles. The maximum Gasteiger partial charge on any atom is 0.321 e. The number of thioether (sulfide) groups is 1. The van der Waals surface area contributed by atoms with E-state index in [0.29, 0.717) is 17.2 Å². The molecule has 29 heavy (non-hydrogen) atoms. The lowest BCUT2D eigenvalue weighted by atomic mass is 10.2.